The zero-order valence-corrected chi connectivity index (χ0v) is 11.2. The number of carbonyl (C=O) groups excluding carboxylic acids is 1. The lowest BCUT2D eigenvalue weighted by Gasteiger charge is -2.27. The summed E-state index contributed by atoms with van der Waals surface area (Å²) in [6.45, 7) is 1.38. The highest BCUT2D eigenvalue weighted by Crippen LogP contribution is 2.23. The van der Waals surface area contributed by atoms with Crippen molar-refractivity contribution in [3.63, 3.8) is 0 Å². The Morgan fingerprint density at radius 3 is 2.21 bits per heavy atom. The number of urea groups is 1. The summed E-state index contributed by atoms with van der Waals surface area (Å²) >= 11 is 0. The van der Waals surface area contributed by atoms with Gasteiger partial charge in [-0.2, -0.15) is 0 Å². The molecule has 19 heavy (non-hydrogen) atoms. The van der Waals surface area contributed by atoms with E-state index in [0.717, 1.165) is 6.42 Å². The van der Waals surface area contributed by atoms with E-state index in [4.69, 9.17) is 14.6 Å². The molecule has 2 aliphatic rings. The molecule has 3 atom stereocenters. The molecule has 1 N–H and O–H groups in total. The van der Waals surface area contributed by atoms with E-state index in [1.165, 1.54) is 4.90 Å². The van der Waals surface area contributed by atoms with Gasteiger partial charge in [0.2, 0.25) is 0 Å². The number of carbonyl (C=O) groups is 2. The molecule has 0 aromatic rings. The fraction of sp³-hybridized carbons (Fsp3) is 0.833. The minimum absolute atomic E-state index is 0.153. The fourth-order valence-electron chi connectivity index (χ4n) is 2.79. The third-order valence-electron chi connectivity index (χ3n) is 3.87. The van der Waals surface area contributed by atoms with Crippen LogP contribution in [0.1, 0.15) is 12.8 Å². The van der Waals surface area contributed by atoms with Crippen molar-refractivity contribution in [2.24, 2.45) is 0 Å². The molecule has 108 valence electrons. The van der Waals surface area contributed by atoms with E-state index in [2.05, 4.69) is 0 Å². The molecule has 0 saturated carbocycles. The largest absolute Gasteiger partial charge is 0.480 e. The first-order valence-corrected chi connectivity index (χ1v) is 6.42. The Balaban J connectivity index is 2.02. The third kappa shape index (κ3) is 2.66. The molecule has 0 aromatic heterocycles. The second-order valence-corrected chi connectivity index (χ2v) is 4.93. The number of nitrogens with zero attached hydrogens (tertiary/aromatic N) is 2. The molecule has 7 nitrogen and oxygen atoms in total. The van der Waals surface area contributed by atoms with Crippen LogP contribution in [-0.2, 0) is 14.3 Å². The number of rotatable bonds is 3. The Morgan fingerprint density at radius 2 is 1.74 bits per heavy atom. The van der Waals surface area contributed by atoms with E-state index in [0.29, 0.717) is 26.1 Å². The Hall–Kier alpha value is -1.34. The lowest BCUT2D eigenvalue weighted by Crippen LogP contribution is -2.47. The van der Waals surface area contributed by atoms with Crippen LogP contribution in [0.2, 0.25) is 0 Å². The van der Waals surface area contributed by atoms with E-state index in [-0.39, 0.29) is 18.2 Å². The molecule has 0 bridgehead atoms. The average Bonchev–Trinajstić information content (AvgIpc) is 3.03. The van der Waals surface area contributed by atoms with E-state index in [1.807, 2.05) is 0 Å². The molecule has 2 aliphatic heterocycles. The number of aliphatic carboxylic acids is 1. The molecule has 2 rings (SSSR count). The fourth-order valence-corrected chi connectivity index (χ4v) is 2.79. The Bertz CT molecular complexity index is 350. The van der Waals surface area contributed by atoms with Gasteiger partial charge >= 0.3 is 12.0 Å². The maximum Gasteiger partial charge on any atom is 0.326 e. The number of hydrogen-bond donors (Lipinski definition) is 1. The predicted octanol–water partition coefficient (Wildman–Crippen LogP) is 0.00100. The van der Waals surface area contributed by atoms with Crippen LogP contribution in [-0.4, -0.2) is 79.0 Å². The quantitative estimate of drug-likeness (QED) is 0.782. The van der Waals surface area contributed by atoms with Crippen molar-refractivity contribution in [1.29, 1.82) is 0 Å². The summed E-state index contributed by atoms with van der Waals surface area (Å²) < 4.78 is 10.6. The Labute approximate surface area is 112 Å². The number of hydrogen-bond acceptors (Lipinski definition) is 4. The second-order valence-electron chi connectivity index (χ2n) is 4.93. The first kappa shape index (κ1) is 14.1. The number of methoxy groups -OCH3 is 2. The van der Waals surface area contributed by atoms with Crippen LogP contribution in [0.25, 0.3) is 0 Å². The van der Waals surface area contributed by atoms with Gasteiger partial charge < -0.3 is 24.4 Å². The van der Waals surface area contributed by atoms with E-state index in [1.54, 1.807) is 19.1 Å². The molecule has 7 heteroatoms. The SMILES string of the molecule is COC1CN(C(=O)N2CCCC2C(=O)O)CC1OC. The van der Waals surface area contributed by atoms with Gasteiger partial charge in [-0.05, 0) is 12.8 Å². The second kappa shape index (κ2) is 5.75. The van der Waals surface area contributed by atoms with Crippen molar-refractivity contribution in [1.82, 2.24) is 9.80 Å². The first-order valence-electron chi connectivity index (χ1n) is 6.42. The van der Waals surface area contributed by atoms with Crippen molar-refractivity contribution >= 4 is 12.0 Å². The number of carboxylic acid groups (broad SMARTS) is 1. The highest BCUT2D eigenvalue weighted by atomic mass is 16.5. The van der Waals surface area contributed by atoms with E-state index in [9.17, 15) is 9.59 Å². The molecule has 0 aliphatic carbocycles. The molecule has 2 saturated heterocycles. The van der Waals surface area contributed by atoms with Crippen LogP contribution in [0.3, 0.4) is 0 Å². The van der Waals surface area contributed by atoms with Crippen LogP contribution in [0, 0.1) is 0 Å². The van der Waals surface area contributed by atoms with Gasteiger partial charge in [0.25, 0.3) is 0 Å². The molecule has 2 heterocycles. The average molecular weight is 272 g/mol. The molecule has 2 fully saturated rings. The summed E-state index contributed by atoms with van der Waals surface area (Å²) in [4.78, 5) is 26.5. The van der Waals surface area contributed by atoms with Gasteiger partial charge in [-0.1, -0.05) is 0 Å². The van der Waals surface area contributed by atoms with Crippen molar-refractivity contribution in [2.45, 2.75) is 31.1 Å². The molecule has 0 radical (unpaired) electrons. The number of ether oxygens (including phenoxy) is 2. The van der Waals surface area contributed by atoms with Gasteiger partial charge in [0.05, 0.1) is 13.1 Å². The summed E-state index contributed by atoms with van der Waals surface area (Å²) in [7, 11) is 3.17. The molecule has 2 amide bonds. The number of amides is 2. The van der Waals surface area contributed by atoms with Crippen LogP contribution in [0.4, 0.5) is 4.79 Å². The minimum atomic E-state index is -0.934. The lowest BCUT2D eigenvalue weighted by atomic mass is 10.2. The van der Waals surface area contributed by atoms with E-state index >= 15 is 0 Å². The van der Waals surface area contributed by atoms with Crippen LogP contribution in [0.5, 0.6) is 0 Å². The van der Waals surface area contributed by atoms with Crippen molar-refractivity contribution < 1.29 is 24.2 Å². The topological polar surface area (TPSA) is 79.3 Å². The maximum atomic E-state index is 12.4. The standard InChI is InChI=1S/C12H20N2O5/c1-18-9-6-13(7-10(9)19-2)12(17)14-5-3-4-8(14)11(15)16/h8-10H,3-7H2,1-2H3,(H,15,16). The van der Waals surface area contributed by atoms with E-state index < -0.39 is 12.0 Å². The van der Waals surface area contributed by atoms with Crippen LogP contribution in [0.15, 0.2) is 0 Å². The lowest BCUT2D eigenvalue weighted by molar-refractivity contribution is -0.141. The van der Waals surface area contributed by atoms with Crippen LogP contribution < -0.4 is 0 Å². The summed E-state index contributed by atoms with van der Waals surface area (Å²) in [5, 5.41) is 9.11. The summed E-state index contributed by atoms with van der Waals surface area (Å²) in [6.07, 6.45) is 0.952. The summed E-state index contributed by atoms with van der Waals surface area (Å²) in [6, 6.07) is -0.929. The summed E-state index contributed by atoms with van der Waals surface area (Å²) in [5.41, 5.74) is 0. The number of likely N-dealkylation sites (tertiary alicyclic amines) is 2. The van der Waals surface area contributed by atoms with Gasteiger partial charge in [0.1, 0.15) is 18.2 Å². The molecule has 3 unspecified atom stereocenters. The minimum Gasteiger partial charge on any atom is -0.480 e. The van der Waals surface area contributed by atoms with Gasteiger partial charge in [0, 0.05) is 20.8 Å². The van der Waals surface area contributed by atoms with Crippen molar-refractivity contribution in [3.8, 4) is 0 Å². The zero-order valence-electron chi connectivity index (χ0n) is 11.2. The van der Waals surface area contributed by atoms with Gasteiger partial charge in [-0.25, -0.2) is 9.59 Å². The van der Waals surface area contributed by atoms with Crippen LogP contribution >= 0.6 is 0 Å². The molecule has 0 spiro atoms. The first-order chi connectivity index (χ1) is 9.08. The van der Waals surface area contributed by atoms with Gasteiger partial charge in [-0.3, -0.25) is 0 Å². The highest BCUT2D eigenvalue weighted by Gasteiger charge is 2.41. The monoisotopic (exact) mass is 272 g/mol. The summed E-state index contributed by atoms with van der Waals surface area (Å²) in [5.74, 6) is -0.934. The Kier molecular flexibility index (Phi) is 4.26. The molecular formula is C12H20N2O5. The van der Waals surface area contributed by atoms with Crippen molar-refractivity contribution in [3.05, 3.63) is 0 Å². The normalized spacial score (nSPS) is 30.9. The predicted molar refractivity (Wildman–Crippen MR) is 65.9 cm³/mol. The zero-order chi connectivity index (χ0) is 14.0. The van der Waals surface area contributed by atoms with Gasteiger partial charge in [-0.15, -0.1) is 0 Å². The van der Waals surface area contributed by atoms with Gasteiger partial charge in [0.15, 0.2) is 0 Å². The molecule has 0 aromatic carbocycles. The smallest absolute Gasteiger partial charge is 0.326 e. The third-order valence-corrected chi connectivity index (χ3v) is 3.87. The molecular weight excluding hydrogens is 252 g/mol. The maximum absolute atomic E-state index is 12.4. The highest BCUT2D eigenvalue weighted by molar-refractivity contribution is 5.83. The van der Waals surface area contributed by atoms with Crippen molar-refractivity contribution in [2.75, 3.05) is 33.9 Å². The Morgan fingerprint density at radius 1 is 1.16 bits per heavy atom. The number of carboxylic acids is 1.